The van der Waals surface area contributed by atoms with Gasteiger partial charge in [-0.15, -0.1) is 0 Å². The summed E-state index contributed by atoms with van der Waals surface area (Å²) in [7, 11) is 0. The van der Waals surface area contributed by atoms with Crippen LogP contribution in [0.3, 0.4) is 0 Å². The third-order valence-electron chi connectivity index (χ3n) is 3.38. The first-order chi connectivity index (χ1) is 9.35. The van der Waals surface area contributed by atoms with E-state index in [0.29, 0.717) is 0 Å². The number of nitrogens with two attached hydrogens (primary N) is 1. The van der Waals surface area contributed by atoms with E-state index < -0.39 is 0 Å². The molecule has 2 aromatic heterocycles. The number of aromatic nitrogens is 1. The molecule has 0 unspecified atom stereocenters. The van der Waals surface area contributed by atoms with E-state index in [4.69, 9.17) is 5.84 Å². The Morgan fingerprint density at radius 3 is 2.95 bits per heavy atom. The van der Waals surface area contributed by atoms with Crippen LogP contribution in [0, 0.1) is 0 Å². The van der Waals surface area contributed by atoms with E-state index >= 15 is 0 Å². The average Bonchev–Trinajstić information content (AvgIpc) is 3.17. The van der Waals surface area contributed by atoms with E-state index in [2.05, 4.69) is 32.1 Å². The number of anilines is 1. The topological polar surface area (TPSA) is 54.2 Å². The van der Waals surface area contributed by atoms with Gasteiger partial charge in [0.05, 0.1) is 11.4 Å². The summed E-state index contributed by atoms with van der Waals surface area (Å²) in [5.41, 5.74) is 6.05. The Labute approximate surface area is 117 Å². The number of rotatable bonds is 6. The molecule has 2 heterocycles. The minimum Gasteiger partial charge on any atom is -0.324 e. The van der Waals surface area contributed by atoms with E-state index in [1.54, 1.807) is 17.5 Å². The van der Waals surface area contributed by atoms with Crippen LogP contribution in [0.15, 0.2) is 35.2 Å². The molecule has 0 atom stereocenters. The smallest absolute Gasteiger partial charge is 0.0565 e. The Morgan fingerprint density at radius 2 is 2.26 bits per heavy atom. The highest BCUT2D eigenvalue weighted by Gasteiger charge is 2.29. The summed E-state index contributed by atoms with van der Waals surface area (Å²) in [6, 6.07) is 6.81. The molecule has 2 aromatic rings. The molecule has 1 saturated carbocycles. The van der Waals surface area contributed by atoms with Crippen molar-refractivity contribution < 1.29 is 0 Å². The standard InChI is InChI=1S/C14H18N4S/c15-17-12-3-5-16-13(7-12)9-18(14-1-2-14)8-11-4-6-19-10-11/h3-7,10,14H,1-2,8-9,15H2,(H,16,17). The summed E-state index contributed by atoms with van der Waals surface area (Å²) >= 11 is 1.76. The zero-order valence-corrected chi connectivity index (χ0v) is 11.6. The summed E-state index contributed by atoms with van der Waals surface area (Å²) in [4.78, 5) is 6.94. The summed E-state index contributed by atoms with van der Waals surface area (Å²) in [6.07, 6.45) is 4.41. The van der Waals surface area contributed by atoms with Gasteiger partial charge in [-0.05, 0) is 47.4 Å². The van der Waals surface area contributed by atoms with Gasteiger partial charge >= 0.3 is 0 Å². The highest BCUT2D eigenvalue weighted by Crippen LogP contribution is 2.30. The van der Waals surface area contributed by atoms with Crippen LogP contribution in [0.25, 0.3) is 0 Å². The highest BCUT2D eigenvalue weighted by atomic mass is 32.1. The van der Waals surface area contributed by atoms with Crippen molar-refractivity contribution in [1.82, 2.24) is 9.88 Å². The fourth-order valence-corrected chi connectivity index (χ4v) is 2.89. The van der Waals surface area contributed by atoms with Crippen LogP contribution >= 0.6 is 11.3 Å². The van der Waals surface area contributed by atoms with E-state index in [9.17, 15) is 0 Å². The van der Waals surface area contributed by atoms with Crippen LogP contribution in [0.1, 0.15) is 24.1 Å². The maximum atomic E-state index is 5.44. The molecule has 0 aromatic carbocycles. The molecular weight excluding hydrogens is 256 g/mol. The van der Waals surface area contributed by atoms with Gasteiger partial charge in [0.15, 0.2) is 0 Å². The lowest BCUT2D eigenvalue weighted by atomic mass is 10.2. The maximum absolute atomic E-state index is 5.44. The van der Waals surface area contributed by atoms with Gasteiger partial charge in [-0.3, -0.25) is 15.7 Å². The number of nitrogens with one attached hydrogen (secondary N) is 1. The first-order valence-corrected chi connectivity index (χ1v) is 7.46. The Balaban J connectivity index is 1.70. The van der Waals surface area contributed by atoms with Crippen molar-refractivity contribution in [2.24, 2.45) is 5.84 Å². The fourth-order valence-electron chi connectivity index (χ4n) is 2.23. The van der Waals surface area contributed by atoms with Gasteiger partial charge in [-0.25, -0.2) is 0 Å². The van der Waals surface area contributed by atoms with E-state index in [1.807, 2.05) is 12.1 Å². The minimum absolute atomic E-state index is 0.719. The third kappa shape index (κ3) is 3.32. The molecule has 100 valence electrons. The van der Waals surface area contributed by atoms with Crippen molar-refractivity contribution in [3.63, 3.8) is 0 Å². The molecule has 5 heteroatoms. The lowest BCUT2D eigenvalue weighted by Gasteiger charge is -2.21. The molecule has 0 saturated heterocycles. The van der Waals surface area contributed by atoms with Crippen LogP contribution in [-0.2, 0) is 13.1 Å². The van der Waals surface area contributed by atoms with Gasteiger partial charge in [0.2, 0.25) is 0 Å². The molecule has 3 rings (SSSR count). The molecule has 0 aliphatic heterocycles. The third-order valence-corrected chi connectivity index (χ3v) is 4.11. The Bertz CT molecular complexity index is 522. The second-order valence-corrected chi connectivity index (χ2v) is 5.73. The number of hydrogen-bond acceptors (Lipinski definition) is 5. The van der Waals surface area contributed by atoms with Gasteiger partial charge in [0, 0.05) is 25.3 Å². The van der Waals surface area contributed by atoms with E-state index in [1.165, 1.54) is 18.4 Å². The molecule has 0 bridgehead atoms. The Kier molecular flexibility index (Phi) is 3.77. The molecule has 1 aliphatic rings. The van der Waals surface area contributed by atoms with Crippen molar-refractivity contribution >= 4 is 17.0 Å². The zero-order chi connectivity index (χ0) is 13.1. The lowest BCUT2D eigenvalue weighted by Crippen LogP contribution is -2.25. The molecule has 0 radical (unpaired) electrons. The van der Waals surface area contributed by atoms with Crippen molar-refractivity contribution in [3.8, 4) is 0 Å². The second kappa shape index (κ2) is 5.69. The first-order valence-electron chi connectivity index (χ1n) is 6.52. The van der Waals surface area contributed by atoms with Gasteiger partial charge in [-0.1, -0.05) is 0 Å². The molecule has 3 N–H and O–H groups in total. The maximum Gasteiger partial charge on any atom is 0.0565 e. The molecule has 0 spiro atoms. The monoisotopic (exact) mass is 274 g/mol. The summed E-state index contributed by atoms with van der Waals surface area (Å²) in [5, 5.41) is 4.36. The lowest BCUT2D eigenvalue weighted by molar-refractivity contribution is 0.243. The number of pyridine rings is 1. The molecule has 1 fully saturated rings. The summed E-state index contributed by atoms with van der Waals surface area (Å²) in [6.45, 7) is 1.90. The first kappa shape index (κ1) is 12.6. The quantitative estimate of drug-likeness (QED) is 0.628. The van der Waals surface area contributed by atoms with E-state index in [0.717, 1.165) is 30.5 Å². The van der Waals surface area contributed by atoms with Crippen molar-refractivity contribution in [2.45, 2.75) is 32.0 Å². The van der Waals surface area contributed by atoms with Gasteiger partial charge in [0.1, 0.15) is 0 Å². The van der Waals surface area contributed by atoms with Gasteiger partial charge in [0.25, 0.3) is 0 Å². The molecular formula is C14H18N4S. The van der Waals surface area contributed by atoms with Gasteiger partial charge < -0.3 is 5.43 Å². The normalized spacial score (nSPS) is 14.8. The fraction of sp³-hybridized carbons (Fsp3) is 0.357. The summed E-state index contributed by atoms with van der Waals surface area (Å²) in [5.74, 6) is 5.44. The van der Waals surface area contributed by atoms with Gasteiger partial charge in [-0.2, -0.15) is 11.3 Å². The number of nitrogens with zero attached hydrogens (tertiary/aromatic N) is 2. The predicted octanol–water partition coefficient (Wildman–Crippen LogP) is 2.59. The zero-order valence-electron chi connectivity index (χ0n) is 10.7. The van der Waals surface area contributed by atoms with Crippen LogP contribution < -0.4 is 11.3 Å². The number of nitrogen functional groups attached to an aromatic ring is 1. The Morgan fingerprint density at radius 1 is 1.37 bits per heavy atom. The van der Waals surface area contributed by atoms with Crippen molar-refractivity contribution in [1.29, 1.82) is 0 Å². The number of hydrazine groups is 1. The largest absolute Gasteiger partial charge is 0.324 e. The average molecular weight is 274 g/mol. The number of thiophene rings is 1. The minimum atomic E-state index is 0.719. The van der Waals surface area contributed by atoms with Crippen molar-refractivity contribution in [3.05, 3.63) is 46.4 Å². The highest BCUT2D eigenvalue weighted by molar-refractivity contribution is 7.07. The Hall–Kier alpha value is -1.43. The van der Waals surface area contributed by atoms with Crippen LogP contribution in [0.4, 0.5) is 5.69 Å². The second-order valence-electron chi connectivity index (χ2n) is 4.95. The van der Waals surface area contributed by atoms with Crippen molar-refractivity contribution in [2.75, 3.05) is 5.43 Å². The molecule has 0 amide bonds. The molecule has 1 aliphatic carbocycles. The van der Waals surface area contributed by atoms with Crippen LogP contribution in [0.2, 0.25) is 0 Å². The SMILES string of the molecule is NNc1ccnc(CN(Cc2ccsc2)C2CC2)c1. The predicted molar refractivity (Wildman–Crippen MR) is 78.6 cm³/mol. The number of hydrogen-bond donors (Lipinski definition) is 2. The van der Waals surface area contributed by atoms with E-state index in [-0.39, 0.29) is 0 Å². The van der Waals surface area contributed by atoms with Crippen LogP contribution in [0.5, 0.6) is 0 Å². The molecule has 4 nitrogen and oxygen atoms in total. The summed E-state index contributed by atoms with van der Waals surface area (Å²) < 4.78 is 0. The molecule has 19 heavy (non-hydrogen) atoms. The van der Waals surface area contributed by atoms with Crippen LogP contribution in [-0.4, -0.2) is 15.9 Å².